The normalized spacial score (nSPS) is 19.5. The van der Waals surface area contributed by atoms with Gasteiger partial charge in [-0.3, -0.25) is 4.79 Å². The van der Waals surface area contributed by atoms with Gasteiger partial charge in [-0.25, -0.2) is 4.79 Å². The van der Waals surface area contributed by atoms with Gasteiger partial charge < -0.3 is 16.0 Å². The van der Waals surface area contributed by atoms with Crippen molar-refractivity contribution >= 4 is 23.5 Å². The largest absolute Gasteiger partial charge is 0.352 e. The molecule has 1 aromatic carbocycles. The molecule has 3 N–H and O–H groups in total. The zero-order valence-corrected chi connectivity index (χ0v) is 13.5. The third kappa shape index (κ3) is 4.37. The van der Waals surface area contributed by atoms with Gasteiger partial charge in [0, 0.05) is 17.6 Å². The molecule has 6 heteroatoms. The van der Waals surface area contributed by atoms with Crippen LogP contribution in [0.2, 0.25) is 5.02 Å². The lowest BCUT2D eigenvalue weighted by Gasteiger charge is -2.34. The predicted octanol–water partition coefficient (Wildman–Crippen LogP) is 2.84. The molecule has 0 bridgehead atoms. The third-order valence-corrected chi connectivity index (χ3v) is 4.34. The minimum atomic E-state index is -0.639. The van der Waals surface area contributed by atoms with Crippen LogP contribution in [0.25, 0.3) is 0 Å². The van der Waals surface area contributed by atoms with E-state index in [9.17, 15) is 9.59 Å². The number of carbonyl (C=O) groups excluding carboxylic acids is 2. The van der Waals surface area contributed by atoms with Gasteiger partial charge in [0.2, 0.25) is 5.91 Å². The summed E-state index contributed by atoms with van der Waals surface area (Å²) in [6, 6.07) is 6.25. The van der Waals surface area contributed by atoms with Gasteiger partial charge in [-0.2, -0.15) is 0 Å². The van der Waals surface area contributed by atoms with Gasteiger partial charge in [-0.05, 0) is 43.9 Å². The van der Waals surface area contributed by atoms with Crippen molar-refractivity contribution in [3.63, 3.8) is 0 Å². The third-order valence-electron chi connectivity index (χ3n) is 4.09. The quantitative estimate of drug-likeness (QED) is 0.894. The van der Waals surface area contributed by atoms with Crippen LogP contribution < -0.4 is 11.1 Å². The highest BCUT2D eigenvalue weighted by atomic mass is 35.5. The Morgan fingerprint density at radius 2 is 2.05 bits per heavy atom. The molecule has 2 unspecified atom stereocenters. The summed E-state index contributed by atoms with van der Waals surface area (Å²) in [4.78, 5) is 25.7. The molecule has 1 aliphatic heterocycles. The lowest BCUT2D eigenvalue weighted by atomic mass is 9.99. The fraction of sp³-hybridized carbons (Fsp3) is 0.500. The van der Waals surface area contributed by atoms with Crippen LogP contribution in [0.15, 0.2) is 24.3 Å². The highest BCUT2D eigenvalue weighted by Crippen LogP contribution is 2.23. The van der Waals surface area contributed by atoms with E-state index in [0.29, 0.717) is 5.02 Å². The molecule has 120 valence electrons. The van der Waals surface area contributed by atoms with Gasteiger partial charge >= 0.3 is 6.03 Å². The first-order valence-electron chi connectivity index (χ1n) is 7.58. The minimum absolute atomic E-state index is 0.0425. The maximum absolute atomic E-state index is 12.5. The van der Waals surface area contributed by atoms with Crippen molar-refractivity contribution in [1.82, 2.24) is 10.2 Å². The summed E-state index contributed by atoms with van der Waals surface area (Å²) in [7, 11) is 0. The van der Waals surface area contributed by atoms with Crippen molar-refractivity contribution in [2.75, 3.05) is 6.54 Å². The summed E-state index contributed by atoms with van der Waals surface area (Å²) >= 11 is 5.88. The van der Waals surface area contributed by atoms with Crippen molar-refractivity contribution in [1.29, 1.82) is 0 Å². The van der Waals surface area contributed by atoms with E-state index in [1.165, 1.54) is 0 Å². The summed E-state index contributed by atoms with van der Waals surface area (Å²) in [5, 5.41) is 3.26. The van der Waals surface area contributed by atoms with Crippen LogP contribution in [-0.4, -0.2) is 29.4 Å². The number of primary amides is 1. The molecule has 1 aliphatic rings. The number of carbonyl (C=O) groups is 2. The molecule has 1 saturated heterocycles. The molecule has 2 atom stereocenters. The summed E-state index contributed by atoms with van der Waals surface area (Å²) in [6.45, 7) is 2.85. The molecule has 3 amide bonds. The number of hydrogen-bond acceptors (Lipinski definition) is 2. The number of nitrogens with two attached hydrogens (primary N) is 1. The number of piperidine rings is 1. The Labute approximate surface area is 135 Å². The zero-order chi connectivity index (χ0) is 16.1. The smallest absolute Gasteiger partial charge is 0.312 e. The topological polar surface area (TPSA) is 75.4 Å². The molecule has 0 aliphatic carbocycles. The standard InChI is InChI=1S/C16H22ClN3O2/c1-11-4-2-3-9-20(11)15(21)10-14(19-16(18)22)12-5-7-13(17)8-6-12/h5-8,11,14H,2-4,9-10H2,1H3,(H3,18,19,22). The Hall–Kier alpha value is -1.75. The summed E-state index contributed by atoms with van der Waals surface area (Å²) < 4.78 is 0. The molecule has 2 rings (SSSR count). The Morgan fingerprint density at radius 3 is 2.64 bits per heavy atom. The van der Waals surface area contributed by atoms with Crippen LogP contribution in [0.5, 0.6) is 0 Å². The van der Waals surface area contributed by atoms with Gasteiger partial charge in [-0.1, -0.05) is 23.7 Å². The number of likely N-dealkylation sites (tertiary alicyclic amines) is 1. The molecule has 1 aromatic rings. The van der Waals surface area contributed by atoms with Crippen molar-refractivity contribution in [3.8, 4) is 0 Å². The van der Waals surface area contributed by atoms with E-state index >= 15 is 0 Å². The Balaban J connectivity index is 2.10. The maximum atomic E-state index is 12.5. The average Bonchev–Trinajstić information content (AvgIpc) is 2.47. The molecule has 22 heavy (non-hydrogen) atoms. The molecule has 1 heterocycles. The highest BCUT2D eigenvalue weighted by Gasteiger charge is 2.26. The highest BCUT2D eigenvalue weighted by molar-refractivity contribution is 6.30. The van der Waals surface area contributed by atoms with Crippen molar-refractivity contribution in [3.05, 3.63) is 34.9 Å². The summed E-state index contributed by atoms with van der Waals surface area (Å²) in [5.41, 5.74) is 6.06. The average molecular weight is 324 g/mol. The van der Waals surface area contributed by atoms with Crippen LogP contribution in [0, 0.1) is 0 Å². The van der Waals surface area contributed by atoms with Crippen molar-refractivity contribution in [2.24, 2.45) is 5.73 Å². The zero-order valence-electron chi connectivity index (χ0n) is 12.7. The molecule has 1 fully saturated rings. The van der Waals surface area contributed by atoms with Gasteiger partial charge in [-0.15, -0.1) is 0 Å². The number of nitrogens with one attached hydrogen (secondary N) is 1. The lowest BCUT2D eigenvalue weighted by Crippen LogP contribution is -2.44. The Morgan fingerprint density at radius 1 is 1.36 bits per heavy atom. The second kappa shape index (κ2) is 7.49. The molecular weight excluding hydrogens is 302 g/mol. The molecular formula is C16H22ClN3O2. The molecule has 5 nitrogen and oxygen atoms in total. The summed E-state index contributed by atoms with van der Waals surface area (Å²) in [5.74, 6) is 0.0425. The number of hydrogen-bond donors (Lipinski definition) is 2. The van der Waals surface area contributed by atoms with Crippen LogP contribution in [0.4, 0.5) is 4.79 Å². The number of rotatable bonds is 4. The number of amides is 3. The van der Waals surface area contributed by atoms with E-state index in [0.717, 1.165) is 31.4 Å². The fourth-order valence-corrected chi connectivity index (χ4v) is 3.01. The van der Waals surface area contributed by atoms with E-state index in [1.807, 2.05) is 4.90 Å². The Bertz CT molecular complexity index is 533. The van der Waals surface area contributed by atoms with Gasteiger partial charge in [0.15, 0.2) is 0 Å². The monoisotopic (exact) mass is 323 g/mol. The van der Waals surface area contributed by atoms with E-state index in [2.05, 4.69) is 12.2 Å². The molecule has 0 spiro atoms. The van der Waals surface area contributed by atoms with E-state index in [1.54, 1.807) is 24.3 Å². The number of benzene rings is 1. The number of urea groups is 1. The van der Waals surface area contributed by atoms with Crippen LogP contribution in [-0.2, 0) is 4.79 Å². The van der Waals surface area contributed by atoms with Crippen LogP contribution >= 0.6 is 11.6 Å². The SMILES string of the molecule is CC1CCCCN1C(=O)CC(NC(N)=O)c1ccc(Cl)cc1. The number of nitrogens with zero attached hydrogens (tertiary/aromatic N) is 1. The van der Waals surface area contributed by atoms with Crippen molar-refractivity contribution < 1.29 is 9.59 Å². The van der Waals surface area contributed by atoms with E-state index in [-0.39, 0.29) is 18.4 Å². The minimum Gasteiger partial charge on any atom is -0.352 e. The maximum Gasteiger partial charge on any atom is 0.312 e. The molecule has 0 aromatic heterocycles. The van der Waals surface area contributed by atoms with Gasteiger partial charge in [0.1, 0.15) is 0 Å². The van der Waals surface area contributed by atoms with Gasteiger partial charge in [0.25, 0.3) is 0 Å². The lowest BCUT2D eigenvalue weighted by molar-refractivity contribution is -0.134. The number of halogens is 1. The first kappa shape index (κ1) is 16.6. The second-order valence-electron chi connectivity index (χ2n) is 5.75. The Kier molecular flexibility index (Phi) is 5.66. The predicted molar refractivity (Wildman–Crippen MR) is 86.6 cm³/mol. The van der Waals surface area contributed by atoms with E-state index < -0.39 is 12.1 Å². The molecule has 0 radical (unpaired) electrons. The van der Waals surface area contributed by atoms with Gasteiger partial charge in [0.05, 0.1) is 12.5 Å². The van der Waals surface area contributed by atoms with E-state index in [4.69, 9.17) is 17.3 Å². The second-order valence-corrected chi connectivity index (χ2v) is 6.19. The summed E-state index contributed by atoms with van der Waals surface area (Å²) in [6.07, 6.45) is 3.42. The first-order valence-corrected chi connectivity index (χ1v) is 7.96. The van der Waals surface area contributed by atoms with Crippen LogP contribution in [0.3, 0.4) is 0 Å². The first-order chi connectivity index (χ1) is 10.5. The fourth-order valence-electron chi connectivity index (χ4n) is 2.88. The van der Waals surface area contributed by atoms with Crippen LogP contribution in [0.1, 0.15) is 44.2 Å². The molecule has 0 saturated carbocycles. The van der Waals surface area contributed by atoms with Crippen molar-refractivity contribution in [2.45, 2.75) is 44.7 Å².